The van der Waals surface area contributed by atoms with Crippen LogP contribution < -0.4 is 10.6 Å². The number of anilines is 1. The molecule has 5 nitrogen and oxygen atoms in total. The van der Waals surface area contributed by atoms with Gasteiger partial charge in [0.15, 0.2) is 0 Å². The van der Waals surface area contributed by atoms with E-state index in [1.165, 1.54) is 5.56 Å². The highest BCUT2D eigenvalue weighted by Gasteiger charge is 2.27. The second-order valence-corrected chi connectivity index (χ2v) is 7.27. The maximum Gasteiger partial charge on any atom is 0.319 e. The van der Waals surface area contributed by atoms with E-state index >= 15 is 0 Å². The van der Waals surface area contributed by atoms with Crippen LogP contribution in [0.25, 0.3) is 0 Å². The zero-order valence-electron chi connectivity index (χ0n) is 15.5. The van der Waals surface area contributed by atoms with Gasteiger partial charge in [-0.2, -0.15) is 0 Å². The van der Waals surface area contributed by atoms with Gasteiger partial charge in [0.25, 0.3) is 0 Å². The molecule has 0 atom stereocenters. The molecule has 0 aromatic heterocycles. The Balaban J connectivity index is 2.02. The molecule has 2 rings (SSSR count). The first kappa shape index (κ1) is 19.3. The first-order chi connectivity index (χ1) is 11.9. The van der Waals surface area contributed by atoms with Gasteiger partial charge in [-0.3, -0.25) is 4.79 Å². The third kappa shape index (κ3) is 5.21. The van der Waals surface area contributed by atoms with Crippen molar-refractivity contribution >= 4 is 17.7 Å². The van der Waals surface area contributed by atoms with Crippen molar-refractivity contribution in [2.24, 2.45) is 5.92 Å². The summed E-state index contributed by atoms with van der Waals surface area (Å²) in [6.45, 7) is 6.38. The van der Waals surface area contributed by atoms with Gasteiger partial charge in [0.05, 0.1) is 5.92 Å². The summed E-state index contributed by atoms with van der Waals surface area (Å²) in [4.78, 5) is 23.5. The van der Waals surface area contributed by atoms with E-state index in [-0.39, 0.29) is 18.0 Å². The standard InChI is InChI=1S/C20H30N2O3/c1-4-6-14-7-5-8-17(13(2)3)18(14)22-20(25)21-16-11-9-15(10-12-16)19(23)24/h5,7-8,13,15-16H,4,6,9-12H2,1-3H3,(H,23,24)(H2,21,22,25). The number of rotatable bonds is 6. The summed E-state index contributed by atoms with van der Waals surface area (Å²) in [5.74, 6) is -0.657. The summed E-state index contributed by atoms with van der Waals surface area (Å²) in [7, 11) is 0. The third-order valence-corrected chi connectivity index (χ3v) is 4.97. The van der Waals surface area contributed by atoms with Crippen LogP contribution in [0.4, 0.5) is 10.5 Å². The number of carboxylic acid groups (broad SMARTS) is 1. The molecule has 1 aliphatic carbocycles. The van der Waals surface area contributed by atoms with Crippen LogP contribution in [0.5, 0.6) is 0 Å². The minimum Gasteiger partial charge on any atom is -0.481 e. The Morgan fingerprint density at radius 1 is 1.20 bits per heavy atom. The van der Waals surface area contributed by atoms with Gasteiger partial charge in [-0.05, 0) is 49.1 Å². The van der Waals surface area contributed by atoms with E-state index in [0.717, 1.165) is 36.9 Å². The highest BCUT2D eigenvalue weighted by Crippen LogP contribution is 2.29. The topological polar surface area (TPSA) is 78.4 Å². The molecule has 2 amide bonds. The maximum absolute atomic E-state index is 12.5. The number of amides is 2. The van der Waals surface area contributed by atoms with Crippen molar-refractivity contribution in [3.8, 4) is 0 Å². The molecule has 0 unspecified atom stereocenters. The Morgan fingerprint density at radius 2 is 1.88 bits per heavy atom. The number of carboxylic acids is 1. The van der Waals surface area contributed by atoms with Crippen LogP contribution in [-0.2, 0) is 11.2 Å². The monoisotopic (exact) mass is 346 g/mol. The van der Waals surface area contributed by atoms with Crippen molar-refractivity contribution in [1.29, 1.82) is 0 Å². The number of nitrogens with one attached hydrogen (secondary N) is 2. The summed E-state index contributed by atoms with van der Waals surface area (Å²) < 4.78 is 0. The van der Waals surface area contributed by atoms with Crippen molar-refractivity contribution in [3.63, 3.8) is 0 Å². The van der Waals surface area contributed by atoms with Crippen molar-refractivity contribution in [2.75, 3.05) is 5.32 Å². The Hall–Kier alpha value is -2.04. The fourth-order valence-corrected chi connectivity index (χ4v) is 3.55. The van der Waals surface area contributed by atoms with Crippen LogP contribution in [0.2, 0.25) is 0 Å². The molecule has 0 saturated heterocycles. The predicted molar refractivity (Wildman–Crippen MR) is 100 cm³/mol. The van der Waals surface area contributed by atoms with Crippen LogP contribution in [-0.4, -0.2) is 23.1 Å². The second-order valence-electron chi connectivity index (χ2n) is 7.27. The molecule has 1 aromatic carbocycles. The molecule has 1 aliphatic rings. The van der Waals surface area contributed by atoms with Crippen LogP contribution in [0.1, 0.15) is 69.9 Å². The van der Waals surface area contributed by atoms with E-state index in [0.29, 0.717) is 18.8 Å². The van der Waals surface area contributed by atoms with E-state index in [1.54, 1.807) is 0 Å². The molecule has 3 N–H and O–H groups in total. The number of benzene rings is 1. The molecular weight excluding hydrogens is 316 g/mol. The summed E-state index contributed by atoms with van der Waals surface area (Å²) in [5, 5.41) is 15.1. The lowest BCUT2D eigenvalue weighted by atomic mass is 9.86. The van der Waals surface area contributed by atoms with Gasteiger partial charge in [-0.1, -0.05) is 45.4 Å². The lowest BCUT2D eigenvalue weighted by Crippen LogP contribution is -2.41. The third-order valence-electron chi connectivity index (χ3n) is 4.97. The van der Waals surface area contributed by atoms with E-state index in [4.69, 9.17) is 5.11 Å². The lowest BCUT2D eigenvalue weighted by Gasteiger charge is -2.27. The number of carbonyl (C=O) groups is 2. The summed E-state index contributed by atoms with van der Waals surface area (Å²) in [6.07, 6.45) is 4.65. The second kappa shape index (κ2) is 8.88. The first-order valence-electron chi connectivity index (χ1n) is 9.34. The summed E-state index contributed by atoms with van der Waals surface area (Å²) in [6, 6.07) is 6.05. The summed E-state index contributed by atoms with van der Waals surface area (Å²) in [5.41, 5.74) is 3.24. The van der Waals surface area contributed by atoms with Crippen molar-refractivity contribution in [3.05, 3.63) is 29.3 Å². The van der Waals surface area contributed by atoms with Crippen molar-refractivity contribution in [1.82, 2.24) is 5.32 Å². The Morgan fingerprint density at radius 3 is 2.44 bits per heavy atom. The highest BCUT2D eigenvalue weighted by molar-refractivity contribution is 5.91. The van der Waals surface area contributed by atoms with Gasteiger partial charge < -0.3 is 15.7 Å². The average Bonchev–Trinajstić information content (AvgIpc) is 2.56. The molecule has 138 valence electrons. The van der Waals surface area contributed by atoms with Gasteiger partial charge >= 0.3 is 12.0 Å². The number of aliphatic carboxylic acids is 1. The first-order valence-corrected chi connectivity index (χ1v) is 9.34. The molecule has 1 aromatic rings. The van der Waals surface area contributed by atoms with Crippen LogP contribution in [0.15, 0.2) is 18.2 Å². The highest BCUT2D eigenvalue weighted by atomic mass is 16.4. The van der Waals surface area contributed by atoms with Crippen LogP contribution in [0.3, 0.4) is 0 Å². The molecule has 1 saturated carbocycles. The Bertz CT molecular complexity index is 605. The van der Waals surface area contributed by atoms with E-state index in [1.807, 2.05) is 0 Å². The molecule has 1 fully saturated rings. The quantitative estimate of drug-likeness (QED) is 0.708. The van der Waals surface area contributed by atoms with Crippen molar-refractivity contribution in [2.45, 2.75) is 71.3 Å². The fourth-order valence-electron chi connectivity index (χ4n) is 3.55. The van der Waals surface area contributed by atoms with Gasteiger partial charge in [0.1, 0.15) is 0 Å². The zero-order chi connectivity index (χ0) is 18.4. The van der Waals surface area contributed by atoms with Gasteiger partial charge in [-0.25, -0.2) is 4.79 Å². The fraction of sp³-hybridized carbons (Fsp3) is 0.600. The number of hydrogen-bond acceptors (Lipinski definition) is 2. The average molecular weight is 346 g/mol. The molecule has 25 heavy (non-hydrogen) atoms. The summed E-state index contributed by atoms with van der Waals surface area (Å²) >= 11 is 0. The Kier molecular flexibility index (Phi) is 6.85. The molecule has 5 heteroatoms. The van der Waals surface area contributed by atoms with E-state index in [2.05, 4.69) is 49.6 Å². The number of aryl methyl sites for hydroxylation is 1. The van der Waals surface area contributed by atoms with E-state index < -0.39 is 5.97 Å². The largest absolute Gasteiger partial charge is 0.481 e. The zero-order valence-corrected chi connectivity index (χ0v) is 15.5. The normalized spacial score (nSPS) is 20.3. The lowest BCUT2D eigenvalue weighted by molar-refractivity contribution is -0.142. The number of urea groups is 1. The number of hydrogen-bond donors (Lipinski definition) is 3. The number of carbonyl (C=O) groups excluding carboxylic acids is 1. The molecule has 0 heterocycles. The molecule has 0 bridgehead atoms. The van der Waals surface area contributed by atoms with Gasteiger partial charge in [0.2, 0.25) is 0 Å². The smallest absolute Gasteiger partial charge is 0.319 e. The molecular formula is C20H30N2O3. The van der Waals surface area contributed by atoms with Gasteiger partial charge in [0, 0.05) is 11.7 Å². The van der Waals surface area contributed by atoms with Crippen LogP contribution >= 0.6 is 0 Å². The van der Waals surface area contributed by atoms with Gasteiger partial charge in [-0.15, -0.1) is 0 Å². The predicted octanol–water partition coefficient (Wildman–Crippen LogP) is 4.53. The SMILES string of the molecule is CCCc1cccc(C(C)C)c1NC(=O)NC1CCC(C(=O)O)CC1. The van der Waals surface area contributed by atoms with Crippen molar-refractivity contribution < 1.29 is 14.7 Å². The Labute approximate surface area is 150 Å². The minimum atomic E-state index is -0.724. The molecule has 0 spiro atoms. The minimum absolute atomic E-state index is 0.0523. The van der Waals surface area contributed by atoms with E-state index in [9.17, 15) is 9.59 Å². The van der Waals surface area contributed by atoms with Crippen LogP contribution in [0, 0.1) is 5.92 Å². The maximum atomic E-state index is 12.5. The molecule has 0 aliphatic heterocycles. The molecule has 0 radical (unpaired) electrons. The number of para-hydroxylation sites is 1.